The lowest BCUT2D eigenvalue weighted by molar-refractivity contribution is -0.164. The summed E-state index contributed by atoms with van der Waals surface area (Å²) in [5.41, 5.74) is 0. The van der Waals surface area contributed by atoms with E-state index in [0.29, 0.717) is 0 Å². The summed E-state index contributed by atoms with van der Waals surface area (Å²) in [6.45, 7) is -0.843. The van der Waals surface area contributed by atoms with E-state index < -0.39 is 61.5 Å². The van der Waals surface area contributed by atoms with Crippen molar-refractivity contribution in [3.8, 4) is 0 Å². The Balaban J connectivity index is 0. The van der Waals surface area contributed by atoms with E-state index in [4.69, 9.17) is 46.0 Å². The summed E-state index contributed by atoms with van der Waals surface area (Å²) in [4.78, 5) is 29.5. The molecule has 0 aliphatic rings. The largest absolute Gasteiger partial charge is 0.481 e. The van der Waals surface area contributed by atoms with Crippen LogP contribution in [0.4, 0.5) is 0 Å². The van der Waals surface area contributed by atoms with E-state index in [0.717, 1.165) is 0 Å². The highest BCUT2D eigenvalue weighted by molar-refractivity contribution is 5.79. The fourth-order valence-electron chi connectivity index (χ4n) is 0.921. The molecule has 0 aromatic carbocycles. The van der Waals surface area contributed by atoms with Crippen LogP contribution < -0.4 is 0 Å². The van der Waals surface area contributed by atoms with Gasteiger partial charge in [0.2, 0.25) is 0 Å². The van der Waals surface area contributed by atoms with Crippen LogP contribution in [0.15, 0.2) is 0 Å². The maximum absolute atomic E-state index is 10.1. The second kappa shape index (κ2) is 10.8. The molecule has 9 N–H and O–H groups in total. The number of aliphatic hydroxyl groups excluding tert-OH is 6. The Kier molecular flexibility index (Phi) is 11.1. The molecule has 22 heavy (non-hydrogen) atoms. The quantitative estimate of drug-likeness (QED) is 0.204. The number of carbonyl (C=O) groups is 3. The molecule has 12 nitrogen and oxygen atoms in total. The van der Waals surface area contributed by atoms with Gasteiger partial charge in [-0.1, -0.05) is 0 Å². The third-order valence-electron chi connectivity index (χ3n) is 2.16. The second-order valence-electron chi connectivity index (χ2n) is 3.97. The van der Waals surface area contributed by atoms with Crippen LogP contribution in [0.5, 0.6) is 0 Å². The van der Waals surface area contributed by atoms with Crippen LogP contribution in [0, 0.1) is 0 Å². The lowest BCUT2D eigenvalue weighted by Gasteiger charge is -2.23. The number of carboxylic acids is 3. The first-order valence-electron chi connectivity index (χ1n) is 5.64. The molecule has 0 rings (SSSR count). The molecular formula is C10H18O12. The summed E-state index contributed by atoms with van der Waals surface area (Å²) in [6, 6.07) is 0. The van der Waals surface area contributed by atoms with Crippen molar-refractivity contribution in [1.82, 2.24) is 0 Å². The third kappa shape index (κ3) is 9.17. The first-order valence-corrected chi connectivity index (χ1v) is 5.64. The molecule has 12 heteroatoms. The maximum Gasteiger partial charge on any atom is 0.335 e. The van der Waals surface area contributed by atoms with Crippen LogP contribution in [0.25, 0.3) is 0 Å². The van der Waals surface area contributed by atoms with Gasteiger partial charge in [0.25, 0.3) is 0 Å². The Morgan fingerprint density at radius 1 is 0.773 bits per heavy atom. The molecule has 0 spiro atoms. The number of aliphatic carboxylic acids is 3. The Bertz CT molecular complexity index is 369. The summed E-state index contributed by atoms with van der Waals surface area (Å²) >= 11 is 0. The molecule has 0 radical (unpaired) electrons. The highest BCUT2D eigenvalue weighted by Crippen LogP contribution is 2.04. The van der Waals surface area contributed by atoms with E-state index in [1.54, 1.807) is 0 Å². The Morgan fingerprint density at radius 3 is 1.45 bits per heavy atom. The molecule has 0 heterocycles. The van der Waals surface area contributed by atoms with Gasteiger partial charge in [0.15, 0.2) is 12.2 Å². The molecule has 5 atom stereocenters. The Morgan fingerprint density at radius 2 is 1.23 bits per heavy atom. The van der Waals surface area contributed by atoms with Crippen molar-refractivity contribution in [1.29, 1.82) is 0 Å². The molecule has 130 valence electrons. The highest BCUT2D eigenvalue weighted by atomic mass is 16.4. The molecule has 0 aliphatic heterocycles. The smallest absolute Gasteiger partial charge is 0.335 e. The molecule has 0 aromatic heterocycles. The van der Waals surface area contributed by atoms with E-state index in [2.05, 4.69) is 0 Å². The minimum atomic E-state index is -2.20. The van der Waals surface area contributed by atoms with Crippen LogP contribution in [-0.4, -0.2) is 101 Å². The first kappa shape index (κ1) is 22.5. The van der Waals surface area contributed by atoms with Gasteiger partial charge in [-0.05, 0) is 0 Å². The zero-order chi connectivity index (χ0) is 18.0. The lowest BCUT2D eigenvalue weighted by Crippen LogP contribution is -2.48. The molecule has 1 unspecified atom stereocenters. The molecule has 0 saturated carbocycles. The topological polar surface area (TPSA) is 233 Å². The Hall–Kier alpha value is -1.83. The van der Waals surface area contributed by atoms with Crippen molar-refractivity contribution in [2.24, 2.45) is 0 Å². The summed E-state index contributed by atoms with van der Waals surface area (Å²) in [5, 5.41) is 76.0. The fraction of sp³-hybridized carbons (Fsp3) is 0.700. The summed E-state index contributed by atoms with van der Waals surface area (Å²) in [6.07, 6.45) is -10.4. The highest BCUT2D eigenvalue weighted by Gasteiger charge is 2.33. The van der Waals surface area contributed by atoms with E-state index in [9.17, 15) is 14.4 Å². The van der Waals surface area contributed by atoms with Crippen molar-refractivity contribution in [3.05, 3.63) is 0 Å². The molecule has 0 aliphatic carbocycles. The van der Waals surface area contributed by atoms with Gasteiger partial charge in [-0.2, -0.15) is 0 Å². The third-order valence-corrected chi connectivity index (χ3v) is 2.16. The van der Waals surface area contributed by atoms with Gasteiger partial charge < -0.3 is 46.0 Å². The summed E-state index contributed by atoms with van der Waals surface area (Å²) < 4.78 is 0. The monoisotopic (exact) mass is 330 g/mol. The average molecular weight is 330 g/mol. The van der Waals surface area contributed by atoms with Gasteiger partial charge in [-0.25, -0.2) is 9.59 Å². The molecule has 0 bridgehead atoms. The van der Waals surface area contributed by atoms with Gasteiger partial charge in [-0.15, -0.1) is 0 Å². The minimum Gasteiger partial charge on any atom is -0.481 e. The van der Waals surface area contributed by atoms with Crippen LogP contribution in [0.2, 0.25) is 0 Å². The lowest BCUT2D eigenvalue weighted by atomic mass is 10.0. The standard InChI is InChI=1S/C6H12O7.C4H6O5/c7-1-2(8)3(9)4(10)5(11)6(12)13;5-2(4(8)9)1-3(6)7/h2-5,7-11H,1H2,(H,12,13);2,5H,1H2,(H,6,7)(H,8,9)/t2-,3-,4+,5-;/m1./s1. The van der Waals surface area contributed by atoms with E-state index >= 15 is 0 Å². The van der Waals surface area contributed by atoms with Crippen LogP contribution in [0.3, 0.4) is 0 Å². The van der Waals surface area contributed by atoms with E-state index in [-0.39, 0.29) is 0 Å². The van der Waals surface area contributed by atoms with Gasteiger partial charge in [0.1, 0.15) is 18.3 Å². The molecule has 0 amide bonds. The van der Waals surface area contributed by atoms with Gasteiger partial charge in [0, 0.05) is 0 Å². The van der Waals surface area contributed by atoms with Gasteiger partial charge in [0.05, 0.1) is 13.0 Å². The minimum absolute atomic E-state index is 0.755. The van der Waals surface area contributed by atoms with Crippen molar-refractivity contribution in [2.75, 3.05) is 6.61 Å². The molecule has 0 fully saturated rings. The molecule has 0 saturated heterocycles. The summed E-state index contributed by atoms with van der Waals surface area (Å²) in [5.74, 6) is -4.57. The SMILES string of the molecule is O=C(O)CC(O)C(=O)O.O=C(O)[C@H](O)[C@@H](O)[C@H](O)[C@H](O)CO. The van der Waals surface area contributed by atoms with Crippen molar-refractivity contribution in [3.63, 3.8) is 0 Å². The van der Waals surface area contributed by atoms with Crippen LogP contribution >= 0.6 is 0 Å². The number of rotatable bonds is 8. The predicted molar refractivity (Wildman–Crippen MR) is 64.6 cm³/mol. The zero-order valence-electron chi connectivity index (χ0n) is 11.1. The number of carboxylic acid groups (broad SMARTS) is 3. The first-order chi connectivity index (χ1) is 9.95. The molecular weight excluding hydrogens is 312 g/mol. The Labute approximate surface area is 123 Å². The normalized spacial score (nSPS) is 17.2. The predicted octanol–water partition coefficient (Wildman–Crippen LogP) is -4.59. The van der Waals surface area contributed by atoms with Crippen molar-refractivity contribution in [2.45, 2.75) is 36.9 Å². The fourth-order valence-corrected chi connectivity index (χ4v) is 0.921. The number of aliphatic hydroxyl groups is 6. The van der Waals surface area contributed by atoms with Crippen LogP contribution in [-0.2, 0) is 14.4 Å². The number of hydrogen-bond acceptors (Lipinski definition) is 9. The maximum atomic E-state index is 10.1. The van der Waals surface area contributed by atoms with Crippen molar-refractivity contribution < 1.29 is 60.3 Å². The zero-order valence-corrected chi connectivity index (χ0v) is 11.1. The van der Waals surface area contributed by atoms with Gasteiger partial charge in [-0.3, -0.25) is 4.79 Å². The van der Waals surface area contributed by atoms with Crippen LogP contribution in [0.1, 0.15) is 6.42 Å². The average Bonchev–Trinajstić information content (AvgIpc) is 2.43. The van der Waals surface area contributed by atoms with E-state index in [1.807, 2.05) is 0 Å². The second-order valence-corrected chi connectivity index (χ2v) is 3.97. The van der Waals surface area contributed by atoms with Gasteiger partial charge >= 0.3 is 17.9 Å². The summed E-state index contributed by atoms with van der Waals surface area (Å²) in [7, 11) is 0. The van der Waals surface area contributed by atoms with E-state index in [1.165, 1.54) is 0 Å². The van der Waals surface area contributed by atoms with Crippen molar-refractivity contribution >= 4 is 17.9 Å². The molecule has 0 aromatic rings. The number of hydrogen-bond donors (Lipinski definition) is 9.